The van der Waals surface area contributed by atoms with Crippen molar-refractivity contribution in [3.63, 3.8) is 0 Å². The van der Waals surface area contributed by atoms with Gasteiger partial charge in [0.2, 0.25) is 0 Å². The lowest BCUT2D eigenvalue weighted by molar-refractivity contribution is 0.264. The van der Waals surface area contributed by atoms with Gasteiger partial charge in [-0.2, -0.15) is 0 Å². The van der Waals surface area contributed by atoms with Gasteiger partial charge < -0.3 is 19.4 Å². The van der Waals surface area contributed by atoms with E-state index in [2.05, 4.69) is 30.8 Å². The van der Waals surface area contributed by atoms with E-state index in [9.17, 15) is 4.39 Å². The molecule has 3 aromatic rings. The first kappa shape index (κ1) is 21.3. The standard InChI is InChI=1S/C22H25BrFN3O2/c1-2-28-21-13-17(14-25-8-5-10-27-11-9-26-16-27)12-19(23)22(21)29-15-18-6-3-4-7-20(18)24/h3-4,6-7,9,11-13,16,25H,2,5,8,10,14-15H2,1H3. The summed E-state index contributed by atoms with van der Waals surface area (Å²) in [4.78, 5) is 4.04. The normalized spacial score (nSPS) is 10.9. The molecule has 5 nitrogen and oxygen atoms in total. The van der Waals surface area contributed by atoms with Gasteiger partial charge in [-0.05, 0) is 59.6 Å². The second kappa shape index (κ2) is 11.0. The van der Waals surface area contributed by atoms with Crippen molar-refractivity contribution in [2.75, 3.05) is 13.2 Å². The zero-order chi connectivity index (χ0) is 20.5. The van der Waals surface area contributed by atoms with Crippen molar-refractivity contribution >= 4 is 15.9 Å². The highest BCUT2D eigenvalue weighted by molar-refractivity contribution is 9.10. The van der Waals surface area contributed by atoms with Crippen LogP contribution in [0.15, 0.2) is 59.6 Å². The maximum Gasteiger partial charge on any atom is 0.175 e. The number of nitrogens with zero attached hydrogens (tertiary/aromatic N) is 2. The van der Waals surface area contributed by atoms with E-state index < -0.39 is 0 Å². The van der Waals surface area contributed by atoms with Crippen LogP contribution in [0.5, 0.6) is 11.5 Å². The first-order valence-electron chi connectivity index (χ1n) is 9.65. The number of rotatable bonds is 11. The van der Waals surface area contributed by atoms with Crippen LogP contribution < -0.4 is 14.8 Å². The van der Waals surface area contributed by atoms with Gasteiger partial charge in [0.1, 0.15) is 12.4 Å². The molecule has 0 aliphatic carbocycles. The molecule has 7 heteroatoms. The molecule has 0 unspecified atom stereocenters. The lowest BCUT2D eigenvalue weighted by atomic mass is 10.2. The van der Waals surface area contributed by atoms with E-state index in [1.54, 1.807) is 24.4 Å². The fourth-order valence-electron chi connectivity index (χ4n) is 2.93. The minimum atomic E-state index is -0.280. The maximum atomic E-state index is 13.9. The minimum Gasteiger partial charge on any atom is -0.490 e. The SMILES string of the molecule is CCOc1cc(CNCCCn2ccnc2)cc(Br)c1OCc1ccccc1F. The molecule has 0 saturated heterocycles. The molecule has 0 radical (unpaired) electrons. The first-order valence-corrected chi connectivity index (χ1v) is 10.4. The molecule has 0 fully saturated rings. The van der Waals surface area contributed by atoms with Gasteiger partial charge >= 0.3 is 0 Å². The number of halogens is 2. The Morgan fingerprint density at radius 1 is 1.21 bits per heavy atom. The van der Waals surface area contributed by atoms with Crippen molar-refractivity contribution in [1.82, 2.24) is 14.9 Å². The van der Waals surface area contributed by atoms with Gasteiger partial charge in [0.05, 0.1) is 17.4 Å². The molecule has 1 aromatic heterocycles. The molecule has 0 atom stereocenters. The highest BCUT2D eigenvalue weighted by Crippen LogP contribution is 2.37. The summed E-state index contributed by atoms with van der Waals surface area (Å²) < 4.78 is 28.4. The highest BCUT2D eigenvalue weighted by Gasteiger charge is 2.13. The van der Waals surface area contributed by atoms with Crippen LogP contribution in [-0.2, 0) is 19.7 Å². The summed E-state index contributed by atoms with van der Waals surface area (Å²) in [6, 6.07) is 10.6. The molecular weight excluding hydrogens is 437 g/mol. The van der Waals surface area contributed by atoms with Crippen LogP contribution >= 0.6 is 15.9 Å². The van der Waals surface area contributed by atoms with E-state index in [1.807, 2.05) is 31.6 Å². The molecule has 2 aromatic carbocycles. The third-order valence-corrected chi connectivity index (χ3v) is 4.95. The van der Waals surface area contributed by atoms with Crippen LogP contribution in [0.1, 0.15) is 24.5 Å². The summed E-state index contributed by atoms with van der Waals surface area (Å²) in [5, 5.41) is 3.44. The van der Waals surface area contributed by atoms with Gasteiger partial charge in [0.15, 0.2) is 11.5 Å². The molecule has 0 amide bonds. The van der Waals surface area contributed by atoms with Gasteiger partial charge in [-0.1, -0.05) is 18.2 Å². The van der Waals surface area contributed by atoms with E-state index in [0.29, 0.717) is 23.7 Å². The number of ether oxygens (including phenoxy) is 2. The Balaban J connectivity index is 1.58. The van der Waals surface area contributed by atoms with Crippen LogP contribution in [0.25, 0.3) is 0 Å². The summed E-state index contributed by atoms with van der Waals surface area (Å²) in [5.41, 5.74) is 1.59. The summed E-state index contributed by atoms with van der Waals surface area (Å²) in [6.45, 7) is 5.13. The molecule has 0 spiro atoms. The van der Waals surface area contributed by atoms with Crippen LogP contribution in [0.2, 0.25) is 0 Å². The second-order valence-corrected chi connectivity index (χ2v) is 7.40. The second-order valence-electron chi connectivity index (χ2n) is 6.55. The number of aryl methyl sites for hydroxylation is 1. The van der Waals surface area contributed by atoms with Gasteiger partial charge in [0.25, 0.3) is 0 Å². The van der Waals surface area contributed by atoms with Gasteiger partial charge in [0, 0.05) is 31.0 Å². The highest BCUT2D eigenvalue weighted by atomic mass is 79.9. The summed E-state index contributed by atoms with van der Waals surface area (Å²) in [6.07, 6.45) is 6.59. The van der Waals surface area contributed by atoms with Crippen LogP contribution in [0, 0.1) is 5.82 Å². The monoisotopic (exact) mass is 461 g/mol. The average Bonchev–Trinajstić information content (AvgIpc) is 3.22. The Kier molecular flexibility index (Phi) is 8.07. The molecule has 3 rings (SSSR count). The Bertz CT molecular complexity index is 903. The topological polar surface area (TPSA) is 48.3 Å². The number of hydrogen-bond acceptors (Lipinski definition) is 4. The zero-order valence-electron chi connectivity index (χ0n) is 16.4. The summed E-state index contributed by atoms with van der Waals surface area (Å²) in [5.74, 6) is 0.950. The molecular formula is C22H25BrFN3O2. The quantitative estimate of drug-likeness (QED) is 0.410. The van der Waals surface area contributed by atoms with E-state index in [1.165, 1.54) is 6.07 Å². The van der Waals surface area contributed by atoms with Gasteiger partial charge in [-0.3, -0.25) is 0 Å². The van der Waals surface area contributed by atoms with Crippen LogP contribution in [0.4, 0.5) is 4.39 Å². The largest absolute Gasteiger partial charge is 0.490 e. The summed E-state index contributed by atoms with van der Waals surface area (Å²) >= 11 is 3.57. The minimum absolute atomic E-state index is 0.136. The number of hydrogen-bond donors (Lipinski definition) is 1. The number of aromatic nitrogens is 2. The maximum absolute atomic E-state index is 13.9. The first-order chi connectivity index (χ1) is 14.2. The smallest absolute Gasteiger partial charge is 0.175 e. The lowest BCUT2D eigenvalue weighted by Crippen LogP contribution is -2.16. The third kappa shape index (κ3) is 6.30. The van der Waals surface area contributed by atoms with Crippen molar-refractivity contribution in [3.8, 4) is 11.5 Å². The van der Waals surface area contributed by atoms with Crippen LogP contribution in [0.3, 0.4) is 0 Å². The van der Waals surface area contributed by atoms with Crippen molar-refractivity contribution in [1.29, 1.82) is 0 Å². The average molecular weight is 462 g/mol. The number of nitrogens with one attached hydrogen (secondary N) is 1. The molecule has 1 N–H and O–H groups in total. The fourth-order valence-corrected chi connectivity index (χ4v) is 3.53. The Hall–Kier alpha value is -2.38. The number of imidazole rings is 1. The van der Waals surface area contributed by atoms with E-state index in [4.69, 9.17) is 9.47 Å². The van der Waals surface area contributed by atoms with Crippen molar-refractivity contribution in [2.45, 2.75) is 33.0 Å². The van der Waals surface area contributed by atoms with E-state index in [-0.39, 0.29) is 12.4 Å². The third-order valence-electron chi connectivity index (χ3n) is 4.36. The lowest BCUT2D eigenvalue weighted by Gasteiger charge is -2.16. The van der Waals surface area contributed by atoms with Gasteiger partial charge in [-0.25, -0.2) is 9.37 Å². The van der Waals surface area contributed by atoms with E-state index in [0.717, 1.165) is 36.1 Å². The van der Waals surface area contributed by atoms with Crippen LogP contribution in [-0.4, -0.2) is 22.7 Å². The van der Waals surface area contributed by atoms with Crippen molar-refractivity contribution in [2.24, 2.45) is 0 Å². The molecule has 0 bridgehead atoms. The molecule has 1 heterocycles. The fraction of sp³-hybridized carbons (Fsp3) is 0.318. The van der Waals surface area contributed by atoms with Crippen molar-refractivity contribution < 1.29 is 13.9 Å². The molecule has 154 valence electrons. The predicted molar refractivity (Wildman–Crippen MR) is 115 cm³/mol. The molecule has 0 aliphatic heterocycles. The van der Waals surface area contributed by atoms with Crippen molar-refractivity contribution in [3.05, 3.63) is 76.5 Å². The molecule has 0 saturated carbocycles. The Morgan fingerprint density at radius 3 is 2.83 bits per heavy atom. The molecule has 0 aliphatic rings. The predicted octanol–water partition coefficient (Wildman–Crippen LogP) is 4.94. The van der Waals surface area contributed by atoms with E-state index >= 15 is 0 Å². The van der Waals surface area contributed by atoms with Gasteiger partial charge in [-0.15, -0.1) is 0 Å². The summed E-state index contributed by atoms with van der Waals surface area (Å²) in [7, 11) is 0. The number of benzene rings is 2. The Morgan fingerprint density at radius 2 is 2.07 bits per heavy atom. The molecule has 29 heavy (non-hydrogen) atoms. The Labute approximate surface area is 179 Å². The zero-order valence-corrected chi connectivity index (χ0v) is 18.0.